The van der Waals surface area contributed by atoms with E-state index in [1.165, 1.54) is 0 Å². The van der Waals surface area contributed by atoms with Crippen molar-refractivity contribution in [3.8, 4) is 11.5 Å². The summed E-state index contributed by atoms with van der Waals surface area (Å²) in [5.41, 5.74) is 1.12. The van der Waals surface area contributed by atoms with Gasteiger partial charge in [0.15, 0.2) is 17.5 Å². The van der Waals surface area contributed by atoms with Crippen molar-refractivity contribution in [3.05, 3.63) is 34.9 Å². The highest BCUT2D eigenvalue weighted by Crippen LogP contribution is 2.38. The maximum Gasteiger partial charge on any atom is 0.191 e. The van der Waals surface area contributed by atoms with Crippen LogP contribution in [0.2, 0.25) is 5.02 Å². The number of fused-ring (bicyclic) bond motifs is 1. The molecule has 1 aromatic carbocycles. The van der Waals surface area contributed by atoms with Gasteiger partial charge in [0.1, 0.15) is 13.2 Å². The van der Waals surface area contributed by atoms with Gasteiger partial charge in [-0.05, 0) is 37.0 Å². The third-order valence-corrected chi connectivity index (χ3v) is 4.22. The number of guanidine groups is 1. The molecule has 2 N–H and O–H groups in total. The molecule has 0 saturated heterocycles. The minimum absolute atomic E-state index is 0.449. The maximum absolute atomic E-state index is 6.26. The summed E-state index contributed by atoms with van der Waals surface area (Å²) in [6.45, 7) is 1.89. The van der Waals surface area contributed by atoms with Crippen molar-refractivity contribution in [2.75, 3.05) is 26.8 Å². The quantitative estimate of drug-likeness (QED) is 0.504. The van der Waals surface area contributed by atoms with E-state index in [0.717, 1.165) is 43.1 Å². The zero-order valence-electron chi connectivity index (χ0n) is 13.3. The summed E-state index contributed by atoms with van der Waals surface area (Å²) in [5.74, 6) is 2.22. The molecule has 0 saturated carbocycles. The van der Waals surface area contributed by atoms with Crippen LogP contribution in [0.5, 0.6) is 11.5 Å². The van der Waals surface area contributed by atoms with Crippen molar-refractivity contribution in [1.82, 2.24) is 10.6 Å². The summed E-state index contributed by atoms with van der Waals surface area (Å²) in [6, 6.07) is 4.39. The second-order valence-corrected chi connectivity index (χ2v) is 6.04. The first-order chi connectivity index (χ1) is 11.3. The lowest BCUT2D eigenvalue weighted by atomic mass is 10.1. The van der Waals surface area contributed by atoms with E-state index in [9.17, 15) is 0 Å². The van der Waals surface area contributed by atoms with E-state index in [1.807, 2.05) is 12.1 Å². The van der Waals surface area contributed by atoms with E-state index < -0.39 is 0 Å². The lowest BCUT2D eigenvalue weighted by Gasteiger charge is -2.20. The zero-order chi connectivity index (χ0) is 16.1. The Kier molecular flexibility index (Phi) is 5.28. The highest BCUT2D eigenvalue weighted by Gasteiger charge is 2.16. The number of benzene rings is 1. The summed E-state index contributed by atoms with van der Waals surface area (Å²) in [4.78, 5) is 4.27. The number of rotatable bonds is 4. The van der Waals surface area contributed by atoms with Crippen molar-refractivity contribution < 1.29 is 9.47 Å². The van der Waals surface area contributed by atoms with Gasteiger partial charge >= 0.3 is 0 Å². The van der Waals surface area contributed by atoms with E-state index in [0.29, 0.717) is 30.0 Å². The number of nitrogens with zero attached hydrogens (tertiary/aromatic N) is 1. The number of nitrogens with one attached hydrogen (secondary N) is 2. The van der Waals surface area contributed by atoms with Gasteiger partial charge in [-0.1, -0.05) is 23.8 Å². The third-order valence-electron chi connectivity index (χ3n) is 3.94. The Labute approximate surface area is 141 Å². The molecule has 0 unspecified atom stereocenters. The molecular weight excluding hydrogens is 314 g/mol. The highest BCUT2D eigenvalue weighted by atomic mass is 35.5. The fourth-order valence-electron chi connectivity index (χ4n) is 2.76. The van der Waals surface area contributed by atoms with Gasteiger partial charge in [-0.15, -0.1) is 0 Å². The van der Waals surface area contributed by atoms with E-state index in [-0.39, 0.29) is 0 Å². The van der Waals surface area contributed by atoms with Crippen LogP contribution in [0.1, 0.15) is 18.4 Å². The Morgan fingerprint density at radius 1 is 1.26 bits per heavy atom. The van der Waals surface area contributed by atoms with Crippen LogP contribution in [0.15, 0.2) is 29.3 Å². The molecule has 1 heterocycles. The number of hydrogen-bond acceptors (Lipinski definition) is 3. The topological polar surface area (TPSA) is 54.9 Å². The first-order valence-corrected chi connectivity index (χ1v) is 8.34. The Bertz CT molecular complexity index is 608. The molecule has 0 aromatic heterocycles. The average Bonchev–Trinajstić information content (AvgIpc) is 3.07. The molecular formula is C17H22ClN3O2. The first-order valence-electron chi connectivity index (χ1n) is 7.96. The zero-order valence-corrected chi connectivity index (χ0v) is 14.0. The van der Waals surface area contributed by atoms with Gasteiger partial charge in [-0.25, -0.2) is 0 Å². The van der Waals surface area contributed by atoms with Gasteiger partial charge in [0.2, 0.25) is 0 Å². The molecule has 23 heavy (non-hydrogen) atoms. The van der Waals surface area contributed by atoms with E-state index in [2.05, 4.69) is 27.8 Å². The van der Waals surface area contributed by atoms with Gasteiger partial charge in [0, 0.05) is 19.6 Å². The SMILES string of the molecule is CN=C(NCCc1cc(Cl)c2c(c1)OCCO2)NC1CC=CC1. The van der Waals surface area contributed by atoms with Crippen molar-refractivity contribution in [1.29, 1.82) is 0 Å². The minimum atomic E-state index is 0.449. The minimum Gasteiger partial charge on any atom is -0.486 e. The Morgan fingerprint density at radius 3 is 2.83 bits per heavy atom. The summed E-state index contributed by atoms with van der Waals surface area (Å²) in [7, 11) is 1.79. The smallest absolute Gasteiger partial charge is 0.191 e. The molecule has 1 aromatic rings. The molecule has 0 bridgehead atoms. The van der Waals surface area contributed by atoms with E-state index in [4.69, 9.17) is 21.1 Å². The summed E-state index contributed by atoms with van der Waals surface area (Å²) >= 11 is 6.26. The van der Waals surface area contributed by atoms with Crippen LogP contribution < -0.4 is 20.1 Å². The molecule has 124 valence electrons. The van der Waals surface area contributed by atoms with Gasteiger partial charge in [-0.2, -0.15) is 0 Å². The number of aliphatic imine (C=N–C) groups is 1. The second-order valence-electron chi connectivity index (χ2n) is 5.63. The molecule has 6 heteroatoms. The molecule has 5 nitrogen and oxygen atoms in total. The lowest BCUT2D eigenvalue weighted by molar-refractivity contribution is 0.171. The summed E-state index contributed by atoms with van der Waals surface area (Å²) in [6.07, 6.45) is 7.33. The predicted octanol–water partition coefficient (Wildman–Crippen LogP) is 2.54. The lowest BCUT2D eigenvalue weighted by Crippen LogP contribution is -2.43. The molecule has 0 spiro atoms. The van der Waals surface area contributed by atoms with Crippen LogP contribution in [-0.2, 0) is 6.42 Å². The monoisotopic (exact) mass is 335 g/mol. The molecule has 3 rings (SSSR count). The van der Waals surface area contributed by atoms with E-state index in [1.54, 1.807) is 7.05 Å². The van der Waals surface area contributed by atoms with Gasteiger partial charge < -0.3 is 20.1 Å². The van der Waals surface area contributed by atoms with Gasteiger partial charge in [0.05, 0.1) is 5.02 Å². The molecule has 0 atom stereocenters. The first kappa shape index (κ1) is 16.0. The summed E-state index contributed by atoms with van der Waals surface area (Å²) in [5, 5.41) is 7.37. The van der Waals surface area contributed by atoms with Crippen LogP contribution in [0, 0.1) is 0 Å². The number of ether oxygens (including phenoxy) is 2. The largest absolute Gasteiger partial charge is 0.486 e. The molecule has 0 fully saturated rings. The highest BCUT2D eigenvalue weighted by molar-refractivity contribution is 6.32. The maximum atomic E-state index is 6.26. The summed E-state index contributed by atoms with van der Waals surface area (Å²) < 4.78 is 11.1. The van der Waals surface area contributed by atoms with Crippen LogP contribution in [-0.4, -0.2) is 38.8 Å². The Balaban J connectivity index is 1.52. The fourth-order valence-corrected chi connectivity index (χ4v) is 3.04. The Morgan fingerprint density at radius 2 is 2.04 bits per heavy atom. The Hall–Kier alpha value is -1.88. The van der Waals surface area contributed by atoms with E-state index >= 15 is 0 Å². The van der Waals surface area contributed by atoms with Crippen LogP contribution in [0.25, 0.3) is 0 Å². The predicted molar refractivity (Wildman–Crippen MR) is 92.8 cm³/mol. The average molecular weight is 336 g/mol. The van der Waals surface area contributed by atoms with Gasteiger partial charge in [-0.3, -0.25) is 4.99 Å². The van der Waals surface area contributed by atoms with Crippen LogP contribution in [0.4, 0.5) is 0 Å². The van der Waals surface area contributed by atoms with Crippen molar-refractivity contribution in [2.24, 2.45) is 4.99 Å². The molecule has 1 aliphatic carbocycles. The second kappa shape index (κ2) is 7.59. The standard InChI is InChI=1S/C17H22ClN3O2/c1-19-17(21-13-4-2-3-5-13)20-7-6-12-10-14(18)16-15(11-12)22-8-9-23-16/h2-3,10-11,13H,4-9H2,1H3,(H2,19,20,21). The van der Waals surface area contributed by atoms with Crippen molar-refractivity contribution in [2.45, 2.75) is 25.3 Å². The molecule has 1 aliphatic heterocycles. The number of hydrogen-bond donors (Lipinski definition) is 2. The van der Waals surface area contributed by atoms with Crippen LogP contribution in [0.3, 0.4) is 0 Å². The van der Waals surface area contributed by atoms with Crippen molar-refractivity contribution in [3.63, 3.8) is 0 Å². The molecule has 0 amide bonds. The normalized spacial score (nSPS) is 17.4. The molecule has 0 radical (unpaired) electrons. The molecule has 2 aliphatic rings. The third kappa shape index (κ3) is 4.10. The van der Waals surface area contributed by atoms with Crippen LogP contribution >= 0.6 is 11.6 Å². The fraction of sp³-hybridized carbons (Fsp3) is 0.471. The van der Waals surface area contributed by atoms with Crippen molar-refractivity contribution >= 4 is 17.6 Å². The van der Waals surface area contributed by atoms with Gasteiger partial charge in [0.25, 0.3) is 0 Å². The number of halogens is 1.